The molecule has 1 unspecified atom stereocenters. The van der Waals surface area contributed by atoms with Gasteiger partial charge >= 0.3 is 0 Å². The van der Waals surface area contributed by atoms with Gasteiger partial charge in [-0.1, -0.05) is 19.3 Å². The van der Waals surface area contributed by atoms with Gasteiger partial charge in [0.05, 0.1) is 11.6 Å². The minimum atomic E-state index is -0.147. The maximum absolute atomic E-state index is 9.74. The van der Waals surface area contributed by atoms with Gasteiger partial charge in [-0.15, -0.1) is 11.3 Å². The molecule has 1 atom stereocenters. The quantitative estimate of drug-likeness (QED) is 0.803. The molecular weight excluding hydrogens is 182 g/mol. The Hall–Kier alpha value is -0.410. The minimum Gasteiger partial charge on any atom is -0.393 e. The van der Waals surface area contributed by atoms with E-state index in [1.807, 2.05) is 11.7 Å². The molecule has 0 aromatic carbocycles. The zero-order valence-corrected chi connectivity index (χ0v) is 8.46. The molecule has 0 bridgehead atoms. The molecular formula is C10H15NOS. The first-order valence-electron chi connectivity index (χ1n) is 4.90. The van der Waals surface area contributed by atoms with Gasteiger partial charge in [-0.05, 0) is 12.3 Å². The van der Waals surface area contributed by atoms with E-state index in [1.54, 1.807) is 11.3 Å². The van der Waals surface area contributed by atoms with Gasteiger partial charge in [0.25, 0.3) is 0 Å². The molecule has 1 saturated carbocycles. The summed E-state index contributed by atoms with van der Waals surface area (Å²) < 4.78 is 0. The van der Waals surface area contributed by atoms with Gasteiger partial charge in [0.2, 0.25) is 0 Å². The summed E-state index contributed by atoms with van der Waals surface area (Å²) in [5, 5.41) is 9.74. The first-order valence-corrected chi connectivity index (χ1v) is 5.78. The second-order valence-corrected chi connectivity index (χ2v) is 4.83. The molecule has 0 saturated heterocycles. The van der Waals surface area contributed by atoms with Crippen LogP contribution in [0.5, 0.6) is 0 Å². The molecule has 1 aromatic rings. The van der Waals surface area contributed by atoms with Crippen molar-refractivity contribution in [3.63, 3.8) is 0 Å². The van der Waals surface area contributed by atoms with Crippen LogP contribution in [0, 0.1) is 5.92 Å². The zero-order valence-electron chi connectivity index (χ0n) is 7.65. The summed E-state index contributed by atoms with van der Waals surface area (Å²) in [4.78, 5) is 5.20. The number of hydrogen-bond donors (Lipinski definition) is 1. The van der Waals surface area contributed by atoms with Gasteiger partial charge in [0.1, 0.15) is 0 Å². The third-order valence-corrected chi connectivity index (χ3v) is 3.55. The molecule has 0 aliphatic heterocycles. The first-order chi connectivity index (χ1) is 6.34. The van der Waals surface area contributed by atoms with Gasteiger partial charge in [0.15, 0.2) is 0 Å². The van der Waals surface area contributed by atoms with Crippen molar-refractivity contribution in [3.05, 3.63) is 16.6 Å². The van der Waals surface area contributed by atoms with Crippen LogP contribution in [-0.2, 0) is 6.42 Å². The van der Waals surface area contributed by atoms with Crippen molar-refractivity contribution >= 4 is 11.3 Å². The Balaban J connectivity index is 1.74. The molecule has 0 radical (unpaired) electrons. The molecule has 72 valence electrons. The van der Waals surface area contributed by atoms with Crippen LogP contribution in [0.4, 0.5) is 0 Å². The van der Waals surface area contributed by atoms with Crippen LogP contribution < -0.4 is 0 Å². The molecule has 2 rings (SSSR count). The second kappa shape index (κ2) is 4.20. The van der Waals surface area contributed by atoms with Crippen molar-refractivity contribution in [2.45, 2.75) is 38.2 Å². The van der Waals surface area contributed by atoms with Crippen molar-refractivity contribution in [1.82, 2.24) is 4.98 Å². The highest BCUT2D eigenvalue weighted by molar-refractivity contribution is 7.09. The van der Waals surface area contributed by atoms with Crippen LogP contribution in [0.3, 0.4) is 0 Å². The molecule has 1 fully saturated rings. The number of thiazole rings is 1. The third kappa shape index (κ3) is 2.51. The van der Waals surface area contributed by atoms with Gasteiger partial charge < -0.3 is 5.11 Å². The van der Waals surface area contributed by atoms with Crippen molar-refractivity contribution in [2.24, 2.45) is 5.92 Å². The molecule has 1 aromatic heterocycles. The molecule has 13 heavy (non-hydrogen) atoms. The monoisotopic (exact) mass is 197 g/mol. The summed E-state index contributed by atoms with van der Waals surface area (Å²) in [6.45, 7) is 0. The van der Waals surface area contributed by atoms with Crippen molar-refractivity contribution in [2.75, 3.05) is 0 Å². The van der Waals surface area contributed by atoms with Crippen molar-refractivity contribution in [3.8, 4) is 0 Å². The smallest absolute Gasteiger partial charge is 0.0794 e. The van der Waals surface area contributed by atoms with E-state index in [1.165, 1.54) is 24.1 Å². The molecule has 3 heteroatoms. The number of rotatable bonds is 4. The highest BCUT2D eigenvalue weighted by Crippen LogP contribution is 2.31. The summed E-state index contributed by atoms with van der Waals surface area (Å²) in [5.74, 6) is 0.794. The summed E-state index contributed by atoms with van der Waals surface area (Å²) in [7, 11) is 0. The molecule has 0 spiro atoms. The lowest BCUT2D eigenvalue weighted by Crippen LogP contribution is -2.20. The summed E-state index contributed by atoms with van der Waals surface area (Å²) in [6, 6.07) is 0. The van der Waals surface area contributed by atoms with Crippen molar-refractivity contribution < 1.29 is 5.11 Å². The van der Waals surface area contributed by atoms with E-state index in [0.717, 1.165) is 18.8 Å². The van der Waals surface area contributed by atoms with Crippen LogP contribution in [0.25, 0.3) is 0 Å². The topological polar surface area (TPSA) is 33.1 Å². The Labute approximate surface area is 82.6 Å². The van der Waals surface area contributed by atoms with Crippen LogP contribution in [0.1, 0.15) is 30.6 Å². The molecule has 1 aliphatic rings. The lowest BCUT2D eigenvalue weighted by Gasteiger charge is -2.27. The predicted molar refractivity (Wildman–Crippen MR) is 53.8 cm³/mol. The zero-order chi connectivity index (χ0) is 9.10. The predicted octanol–water partition coefficient (Wildman–Crippen LogP) is 2.24. The van der Waals surface area contributed by atoms with E-state index in [9.17, 15) is 5.11 Å². The Kier molecular flexibility index (Phi) is 2.96. The van der Waals surface area contributed by atoms with E-state index < -0.39 is 0 Å². The van der Waals surface area contributed by atoms with Gasteiger partial charge in [-0.25, -0.2) is 0 Å². The average molecular weight is 197 g/mol. The summed E-state index contributed by atoms with van der Waals surface area (Å²) >= 11 is 1.63. The van der Waals surface area contributed by atoms with Crippen LogP contribution in [-0.4, -0.2) is 16.2 Å². The fourth-order valence-electron chi connectivity index (χ4n) is 1.77. The minimum absolute atomic E-state index is 0.147. The molecule has 1 heterocycles. The maximum atomic E-state index is 9.74. The standard InChI is InChI=1S/C10H15NOS/c12-9(4-8-2-1-3-8)5-10-6-11-7-13-10/h6-9,12H,1-5H2. The Morgan fingerprint density at radius 2 is 2.46 bits per heavy atom. The van der Waals surface area contributed by atoms with E-state index in [-0.39, 0.29) is 6.10 Å². The second-order valence-electron chi connectivity index (χ2n) is 3.86. The maximum Gasteiger partial charge on any atom is 0.0794 e. The molecule has 1 N–H and O–H groups in total. The number of nitrogens with zero attached hydrogens (tertiary/aromatic N) is 1. The largest absolute Gasteiger partial charge is 0.393 e. The van der Waals surface area contributed by atoms with Gasteiger partial charge in [-0.2, -0.15) is 0 Å². The first kappa shape index (κ1) is 9.16. The molecule has 0 amide bonds. The fraction of sp³-hybridized carbons (Fsp3) is 0.700. The van der Waals surface area contributed by atoms with E-state index >= 15 is 0 Å². The van der Waals surface area contributed by atoms with Gasteiger partial charge in [-0.3, -0.25) is 4.98 Å². The van der Waals surface area contributed by atoms with Crippen molar-refractivity contribution in [1.29, 1.82) is 0 Å². The fourth-order valence-corrected chi connectivity index (χ4v) is 2.44. The average Bonchev–Trinajstić information content (AvgIpc) is 2.49. The number of hydrogen-bond acceptors (Lipinski definition) is 3. The van der Waals surface area contributed by atoms with Crippen LogP contribution >= 0.6 is 11.3 Å². The highest BCUT2D eigenvalue weighted by Gasteiger charge is 2.21. The SMILES string of the molecule is OC(Cc1cncs1)CC1CCC1. The molecule has 1 aliphatic carbocycles. The summed E-state index contributed by atoms with van der Waals surface area (Å²) in [6.07, 6.45) is 7.48. The number of aromatic nitrogens is 1. The van der Waals surface area contributed by atoms with E-state index in [2.05, 4.69) is 4.98 Å². The number of aliphatic hydroxyl groups excluding tert-OH is 1. The lowest BCUT2D eigenvalue weighted by atomic mass is 9.81. The normalized spacial score (nSPS) is 19.8. The van der Waals surface area contributed by atoms with Crippen LogP contribution in [0.2, 0.25) is 0 Å². The van der Waals surface area contributed by atoms with E-state index in [4.69, 9.17) is 0 Å². The Bertz CT molecular complexity index is 243. The molecule has 2 nitrogen and oxygen atoms in total. The Morgan fingerprint density at radius 3 is 3.00 bits per heavy atom. The summed E-state index contributed by atoms with van der Waals surface area (Å²) in [5.41, 5.74) is 1.82. The lowest BCUT2D eigenvalue weighted by molar-refractivity contribution is 0.118. The Morgan fingerprint density at radius 1 is 1.62 bits per heavy atom. The third-order valence-electron chi connectivity index (χ3n) is 2.75. The van der Waals surface area contributed by atoms with Crippen LogP contribution in [0.15, 0.2) is 11.7 Å². The number of aliphatic hydroxyl groups is 1. The highest BCUT2D eigenvalue weighted by atomic mass is 32.1. The van der Waals surface area contributed by atoms with E-state index in [0.29, 0.717) is 0 Å². The van der Waals surface area contributed by atoms with Gasteiger partial charge in [0, 0.05) is 17.5 Å².